The van der Waals surface area contributed by atoms with E-state index in [9.17, 15) is 4.79 Å². The van der Waals surface area contributed by atoms with Gasteiger partial charge in [0.1, 0.15) is 0 Å². The maximum absolute atomic E-state index is 12.8. The first kappa shape index (κ1) is 17.5. The van der Waals surface area contributed by atoms with Gasteiger partial charge in [-0.1, -0.05) is 50.3 Å². The second-order valence-electron chi connectivity index (χ2n) is 5.73. The smallest absolute Gasteiger partial charge is 0.275 e. The molecule has 2 aromatic rings. The molecule has 1 aromatic heterocycles. The van der Waals surface area contributed by atoms with Gasteiger partial charge in [0.25, 0.3) is 5.91 Å². The van der Waals surface area contributed by atoms with E-state index in [4.69, 9.17) is 0 Å². The standard InChI is InChI=1S/C18H22BrN3O/c1-4-11-22(12-10-14-8-6-5-7-9-14)18(23)17-15(19)16(13(2)3)20-21-17/h4-9,13H,1,10-12H2,2-3H3,(H,20,21). The Balaban J connectivity index is 2.13. The number of nitrogens with one attached hydrogen (secondary N) is 1. The third-order valence-electron chi connectivity index (χ3n) is 3.66. The Morgan fingerprint density at radius 1 is 1.39 bits per heavy atom. The number of amides is 1. The predicted octanol–water partition coefficient (Wildman–Crippen LogP) is 4.17. The van der Waals surface area contributed by atoms with Gasteiger partial charge in [-0.3, -0.25) is 9.89 Å². The van der Waals surface area contributed by atoms with E-state index in [1.54, 1.807) is 11.0 Å². The number of halogens is 1. The van der Waals surface area contributed by atoms with Gasteiger partial charge in [-0.05, 0) is 33.8 Å². The van der Waals surface area contributed by atoms with Crippen LogP contribution in [0.5, 0.6) is 0 Å². The van der Waals surface area contributed by atoms with E-state index in [1.165, 1.54) is 5.56 Å². The van der Waals surface area contributed by atoms with Crippen molar-refractivity contribution in [2.45, 2.75) is 26.2 Å². The zero-order chi connectivity index (χ0) is 16.8. The van der Waals surface area contributed by atoms with Gasteiger partial charge in [0.2, 0.25) is 0 Å². The van der Waals surface area contributed by atoms with Crippen LogP contribution in [0.3, 0.4) is 0 Å². The molecule has 0 aliphatic rings. The molecule has 1 heterocycles. The van der Waals surface area contributed by atoms with Crippen LogP contribution in [0.15, 0.2) is 47.5 Å². The Bertz CT molecular complexity index is 664. The monoisotopic (exact) mass is 375 g/mol. The van der Waals surface area contributed by atoms with Crippen LogP contribution in [0.2, 0.25) is 0 Å². The SMILES string of the molecule is C=CCN(CCc1ccccc1)C(=O)c1n[nH]c(C(C)C)c1Br. The summed E-state index contributed by atoms with van der Waals surface area (Å²) in [5, 5.41) is 7.15. The molecule has 23 heavy (non-hydrogen) atoms. The largest absolute Gasteiger partial charge is 0.333 e. The number of nitrogens with zero attached hydrogens (tertiary/aromatic N) is 2. The highest BCUT2D eigenvalue weighted by Crippen LogP contribution is 2.26. The number of aromatic nitrogens is 2. The van der Waals surface area contributed by atoms with Crippen molar-refractivity contribution in [3.63, 3.8) is 0 Å². The lowest BCUT2D eigenvalue weighted by Gasteiger charge is -2.20. The van der Waals surface area contributed by atoms with Crippen LogP contribution in [0.1, 0.15) is 41.5 Å². The van der Waals surface area contributed by atoms with Crippen molar-refractivity contribution in [1.29, 1.82) is 0 Å². The fourth-order valence-corrected chi connectivity index (χ4v) is 3.16. The molecular formula is C18H22BrN3O. The lowest BCUT2D eigenvalue weighted by Crippen LogP contribution is -2.33. The lowest BCUT2D eigenvalue weighted by molar-refractivity contribution is 0.0769. The number of hydrogen-bond acceptors (Lipinski definition) is 2. The van der Waals surface area contributed by atoms with Crippen molar-refractivity contribution in [3.05, 3.63) is 64.4 Å². The molecule has 0 spiro atoms. The Kier molecular flexibility index (Phi) is 6.16. The summed E-state index contributed by atoms with van der Waals surface area (Å²) in [7, 11) is 0. The maximum atomic E-state index is 12.8. The highest BCUT2D eigenvalue weighted by molar-refractivity contribution is 9.10. The summed E-state index contributed by atoms with van der Waals surface area (Å²) >= 11 is 3.50. The highest BCUT2D eigenvalue weighted by atomic mass is 79.9. The number of carbonyl (C=O) groups excluding carboxylic acids is 1. The number of benzene rings is 1. The van der Waals surface area contributed by atoms with Crippen LogP contribution < -0.4 is 0 Å². The van der Waals surface area contributed by atoms with Crippen LogP contribution in [0.4, 0.5) is 0 Å². The molecule has 1 amide bonds. The minimum atomic E-state index is -0.0872. The molecule has 0 aliphatic carbocycles. The first-order chi connectivity index (χ1) is 11.0. The summed E-state index contributed by atoms with van der Waals surface area (Å²) in [6, 6.07) is 10.1. The normalized spacial score (nSPS) is 10.8. The Labute approximate surface area is 145 Å². The van der Waals surface area contributed by atoms with Crippen LogP contribution in [0.25, 0.3) is 0 Å². The number of carbonyl (C=O) groups is 1. The summed E-state index contributed by atoms with van der Waals surface area (Å²) in [5.41, 5.74) is 2.58. The van der Waals surface area contributed by atoms with Crippen LogP contribution in [-0.2, 0) is 6.42 Å². The molecule has 0 bridgehead atoms. The molecule has 0 aliphatic heterocycles. The molecule has 0 radical (unpaired) electrons. The zero-order valence-corrected chi connectivity index (χ0v) is 15.1. The molecule has 1 N–H and O–H groups in total. The molecule has 2 rings (SSSR count). The van der Waals surface area contributed by atoms with E-state index in [0.717, 1.165) is 16.6 Å². The molecule has 4 nitrogen and oxygen atoms in total. The van der Waals surface area contributed by atoms with Crippen LogP contribution in [0, 0.1) is 0 Å². The molecule has 0 saturated carbocycles. The van der Waals surface area contributed by atoms with Crippen LogP contribution >= 0.6 is 15.9 Å². The minimum absolute atomic E-state index is 0.0872. The van der Waals surface area contributed by atoms with Gasteiger partial charge in [-0.15, -0.1) is 6.58 Å². The second kappa shape index (κ2) is 8.11. The van der Waals surface area contributed by atoms with Crippen molar-refractivity contribution < 1.29 is 4.79 Å². The van der Waals surface area contributed by atoms with Gasteiger partial charge in [0.15, 0.2) is 5.69 Å². The van der Waals surface area contributed by atoms with E-state index in [0.29, 0.717) is 18.8 Å². The number of hydrogen-bond donors (Lipinski definition) is 1. The van der Waals surface area contributed by atoms with Gasteiger partial charge in [-0.25, -0.2) is 0 Å². The second-order valence-corrected chi connectivity index (χ2v) is 6.52. The zero-order valence-electron chi connectivity index (χ0n) is 13.6. The van der Waals surface area contributed by atoms with Crippen molar-refractivity contribution in [1.82, 2.24) is 15.1 Å². The molecule has 1 aromatic carbocycles. The van der Waals surface area contributed by atoms with Gasteiger partial charge >= 0.3 is 0 Å². The van der Waals surface area contributed by atoms with E-state index in [2.05, 4.69) is 58.7 Å². The van der Waals surface area contributed by atoms with E-state index >= 15 is 0 Å². The van der Waals surface area contributed by atoms with Crippen LogP contribution in [-0.4, -0.2) is 34.1 Å². The Morgan fingerprint density at radius 2 is 2.09 bits per heavy atom. The van der Waals surface area contributed by atoms with Crippen molar-refractivity contribution >= 4 is 21.8 Å². The molecular weight excluding hydrogens is 354 g/mol. The molecule has 0 atom stereocenters. The van der Waals surface area contributed by atoms with Gasteiger partial charge in [-0.2, -0.15) is 5.10 Å². The minimum Gasteiger partial charge on any atom is -0.333 e. The Morgan fingerprint density at radius 3 is 2.65 bits per heavy atom. The average Bonchev–Trinajstić information content (AvgIpc) is 2.93. The summed E-state index contributed by atoms with van der Waals surface area (Å²) in [6.45, 7) is 9.00. The highest BCUT2D eigenvalue weighted by Gasteiger charge is 2.23. The topological polar surface area (TPSA) is 49.0 Å². The van der Waals surface area contributed by atoms with Crippen molar-refractivity contribution in [2.75, 3.05) is 13.1 Å². The maximum Gasteiger partial charge on any atom is 0.275 e. The van der Waals surface area contributed by atoms with Crippen molar-refractivity contribution in [2.24, 2.45) is 0 Å². The lowest BCUT2D eigenvalue weighted by atomic mass is 10.1. The fourth-order valence-electron chi connectivity index (χ4n) is 2.36. The summed E-state index contributed by atoms with van der Waals surface area (Å²) in [4.78, 5) is 14.5. The predicted molar refractivity (Wildman–Crippen MR) is 96.6 cm³/mol. The van der Waals surface area contributed by atoms with Crippen molar-refractivity contribution in [3.8, 4) is 0 Å². The fraction of sp³-hybridized carbons (Fsp3) is 0.333. The molecule has 0 saturated heterocycles. The molecule has 122 valence electrons. The van der Waals surface area contributed by atoms with Gasteiger partial charge < -0.3 is 4.90 Å². The van der Waals surface area contributed by atoms with E-state index in [-0.39, 0.29) is 11.8 Å². The summed E-state index contributed by atoms with van der Waals surface area (Å²) < 4.78 is 0.756. The Hall–Kier alpha value is -1.88. The van der Waals surface area contributed by atoms with Gasteiger partial charge in [0, 0.05) is 13.1 Å². The first-order valence-corrected chi connectivity index (χ1v) is 8.51. The van der Waals surface area contributed by atoms with E-state index < -0.39 is 0 Å². The molecule has 0 fully saturated rings. The summed E-state index contributed by atoms with van der Waals surface area (Å²) in [5.74, 6) is 0.187. The van der Waals surface area contributed by atoms with E-state index in [1.807, 2.05) is 18.2 Å². The molecule has 0 unspecified atom stereocenters. The molecule has 5 heteroatoms. The third kappa shape index (κ3) is 4.32. The summed E-state index contributed by atoms with van der Waals surface area (Å²) in [6.07, 6.45) is 2.55. The van der Waals surface area contributed by atoms with Gasteiger partial charge in [0.05, 0.1) is 10.2 Å². The number of aromatic amines is 1. The number of rotatable bonds is 7. The third-order valence-corrected chi connectivity index (χ3v) is 4.47. The quantitative estimate of drug-likeness (QED) is 0.738. The number of H-pyrrole nitrogens is 1. The average molecular weight is 376 g/mol. The first-order valence-electron chi connectivity index (χ1n) is 7.72.